The number of carbonyl (C=O) groups is 2. The van der Waals surface area contributed by atoms with Crippen molar-refractivity contribution in [3.8, 4) is 0 Å². The second-order valence-corrected chi connectivity index (χ2v) is 7.80. The van der Waals surface area contributed by atoms with Gasteiger partial charge in [0.2, 0.25) is 5.91 Å². The summed E-state index contributed by atoms with van der Waals surface area (Å²) in [5.74, 6) is -0.598. The van der Waals surface area contributed by atoms with Crippen LogP contribution in [-0.2, 0) is 26.3 Å². The van der Waals surface area contributed by atoms with Crippen LogP contribution >= 0.6 is 15.9 Å². The first kappa shape index (κ1) is 20.1. The van der Waals surface area contributed by atoms with Crippen LogP contribution in [0.15, 0.2) is 59.2 Å². The largest absolute Gasteiger partial charge is 0.467 e. The molecule has 3 rings (SSSR count). The fourth-order valence-corrected chi connectivity index (χ4v) is 3.68. The molecule has 1 amide bonds. The molecule has 0 aliphatic heterocycles. The average Bonchev–Trinajstić information content (AvgIpc) is 3.13. The molecule has 1 atom stereocenters. The second-order valence-electron chi connectivity index (χ2n) is 6.88. The summed E-state index contributed by atoms with van der Waals surface area (Å²) in [6.07, 6.45) is 2.82. The number of aromatic amines is 1. The van der Waals surface area contributed by atoms with Crippen LogP contribution in [0, 0.1) is 0 Å². The Morgan fingerprint density at radius 3 is 2.50 bits per heavy atom. The molecule has 0 unspecified atom stereocenters. The predicted octanol–water partition coefficient (Wildman–Crippen LogP) is 4.41. The normalized spacial score (nSPS) is 13.1. The number of methoxy groups -OCH3 is 1. The summed E-state index contributed by atoms with van der Waals surface area (Å²) in [4.78, 5) is 30.3. The van der Waals surface area contributed by atoms with E-state index in [1.807, 2.05) is 54.7 Å². The van der Waals surface area contributed by atoms with E-state index in [4.69, 9.17) is 4.74 Å². The molecule has 1 N–H and O–H groups in total. The third kappa shape index (κ3) is 3.69. The van der Waals surface area contributed by atoms with Gasteiger partial charge in [-0.1, -0.05) is 46.3 Å². The van der Waals surface area contributed by atoms with Crippen LogP contribution in [0.4, 0.5) is 0 Å². The number of halogens is 1. The third-order valence-corrected chi connectivity index (χ3v) is 5.85. The molecule has 146 valence electrons. The van der Waals surface area contributed by atoms with Gasteiger partial charge in [-0.05, 0) is 42.7 Å². The van der Waals surface area contributed by atoms with Gasteiger partial charge >= 0.3 is 5.97 Å². The van der Waals surface area contributed by atoms with Gasteiger partial charge < -0.3 is 14.6 Å². The Morgan fingerprint density at radius 2 is 1.82 bits per heavy atom. The summed E-state index contributed by atoms with van der Waals surface area (Å²) in [6, 6.07) is 15.3. The van der Waals surface area contributed by atoms with Crippen molar-refractivity contribution in [1.82, 2.24) is 9.88 Å². The number of aromatic nitrogens is 1. The van der Waals surface area contributed by atoms with Crippen molar-refractivity contribution >= 4 is 38.7 Å². The van der Waals surface area contributed by atoms with Crippen molar-refractivity contribution in [3.05, 3.63) is 70.3 Å². The van der Waals surface area contributed by atoms with E-state index < -0.39 is 11.5 Å². The van der Waals surface area contributed by atoms with Crippen LogP contribution in [0.1, 0.15) is 24.5 Å². The summed E-state index contributed by atoms with van der Waals surface area (Å²) in [5, 5.41) is 1.11. The minimum absolute atomic E-state index is 0.124. The minimum atomic E-state index is -1.20. The van der Waals surface area contributed by atoms with Crippen LogP contribution < -0.4 is 0 Å². The van der Waals surface area contributed by atoms with Gasteiger partial charge in [-0.25, -0.2) is 4.79 Å². The lowest BCUT2D eigenvalue weighted by Crippen LogP contribution is -2.51. The van der Waals surface area contributed by atoms with Crippen molar-refractivity contribution in [2.24, 2.45) is 0 Å². The number of carbonyl (C=O) groups excluding carboxylic acids is 2. The molecule has 0 saturated heterocycles. The number of rotatable bonds is 6. The van der Waals surface area contributed by atoms with Crippen LogP contribution in [0.2, 0.25) is 0 Å². The Morgan fingerprint density at radius 1 is 1.14 bits per heavy atom. The Bertz CT molecular complexity index is 996. The number of ether oxygens (including phenoxy) is 1. The van der Waals surface area contributed by atoms with Gasteiger partial charge in [0, 0.05) is 35.0 Å². The lowest BCUT2D eigenvalue weighted by atomic mass is 9.90. The summed E-state index contributed by atoms with van der Waals surface area (Å²) in [6.45, 7) is 1.71. The molecule has 0 spiro atoms. The number of para-hydroxylation sites is 1. The summed E-state index contributed by atoms with van der Waals surface area (Å²) >= 11 is 3.40. The molecule has 1 aromatic heterocycles. The molecule has 2 aromatic carbocycles. The molecule has 0 aliphatic carbocycles. The van der Waals surface area contributed by atoms with Crippen molar-refractivity contribution in [3.63, 3.8) is 0 Å². The van der Waals surface area contributed by atoms with E-state index in [1.54, 1.807) is 14.0 Å². The molecular formula is C22H23BrN2O3. The number of esters is 1. The number of benzene rings is 2. The van der Waals surface area contributed by atoms with Gasteiger partial charge in [0.1, 0.15) is 0 Å². The summed E-state index contributed by atoms with van der Waals surface area (Å²) in [5.41, 5.74) is 1.63. The highest BCUT2D eigenvalue weighted by atomic mass is 79.9. The molecule has 0 bridgehead atoms. The van der Waals surface area contributed by atoms with Gasteiger partial charge in [0.05, 0.1) is 7.11 Å². The first-order valence-electron chi connectivity index (χ1n) is 9.04. The zero-order valence-electron chi connectivity index (χ0n) is 16.2. The fraction of sp³-hybridized carbons (Fsp3) is 0.273. The van der Waals surface area contributed by atoms with Gasteiger partial charge in [-0.15, -0.1) is 0 Å². The highest BCUT2D eigenvalue weighted by Gasteiger charge is 2.42. The molecule has 1 heterocycles. The Kier molecular flexibility index (Phi) is 5.89. The molecule has 5 nitrogen and oxygen atoms in total. The minimum Gasteiger partial charge on any atom is -0.467 e. The topological polar surface area (TPSA) is 62.4 Å². The maximum Gasteiger partial charge on any atom is 0.336 e. The lowest BCUT2D eigenvalue weighted by molar-refractivity contribution is -0.160. The van der Waals surface area contributed by atoms with Gasteiger partial charge in [-0.3, -0.25) is 4.79 Å². The van der Waals surface area contributed by atoms with Gasteiger partial charge in [0.25, 0.3) is 0 Å². The van der Waals surface area contributed by atoms with E-state index in [2.05, 4.69) is 20.9 Å². The van der Waals surface area contributed by atoms with Crippen LogP contribution in [-0.4, -0.2) is 35.9 Å². The predicted molar refractivity (Wildman–Crippen MR) is 113 cm³/mol. The molecule has 0 radical (unpaired) electrons. The van der Waals surface area contributed by atoms with Crippen molar-refractivity contribution in [1.29, 1.82) is 0 Å². The maximum absolute atomic E-state index is 13.0. The molecular weight excluding hydrogens is 420 g/mol. The highest BCUT2D eigenvalue weighted by molar-refractivity contribution is 9.10. The molecule has 6 heteroatoms. The number of hydrogen-bond acceptors (Lipinski definition) is 3. The summed E-state index contributed by atoms with van der Waals surface area (Å²) in [7, 11) is 2.99. The molecule has 3 aromatic rings. The second kappa shape index (κ2) is 8.19. The highest BCUT2D eigenvalue weighted by Crippen LogP contribution is 2.31. The van der Waals surface area contributed by atoms with Crippen LogP contribution in [0.25, 0.3) is 10.9 Å². The van der Waals surface area contributed by atoms with E-state index in [1.165, 1.54) is 12.0 Å². The molecule has 0 fully saturated rings. The van der Waals surface area contributed by atoms with Crippen molar-refractivity contribution in [2.45, 2.75) is 25.3 Å². The zero-order chi connectivity index (χ0) is 20.3. The van der Waals surface area contributed by atoms with E-state index in [0.717, 1.165) is 20.9 Å². The van der Waals surface area contributed by atoms with Gasteiger partial charge in [-0.2, -0.15) is 0 Å². The van der Waals surface area contributed by atoms with Crippen LogP contribution in [0.3, 0.4) is 0 Å². The zero-order valence-corrected chi connectivity index (χ0v) is 17.7. The van der Waals surface area contributed by atoms with E-state index in [0.29, 0.717) is 18.4 Å². The van der Waals surface area contributed by atoms with E-state index >= 15 is 0 Å². The number of nitrogens with zero attached hydrogens (tertiary/aromatic N) is 1. The Balaban J connectivity index is 1.82. The standard InChI is InChI=1S/C22H23BrN2O3/c1-22(21(27)28-3,16-9-11-17(23)12-10-16)25(2)20(26)13-8-15-14-24-19-7-5-4-6-18(15)19/h4-7,9-12,14,24H,8,13H2,1-3H3/t22-/m1/s1. The maximum atomic E-state index is 13.0. The molecule has 0 saturated carbocycles. The number of fused-ring (bicyclic) bond motifs is 1. The van der Waals surface area contributed by atoms with Crippen LogP contribution in [0.5, 0.6) is 0 Å². The number of hydrogen-bond donors (Lipinski definition) is 1. The smallest absolute Gasteiger partial charge is 0.336 e. The number of aryl methyl sites for hydroxylation is 1. The summed E-state index contributed by atoms with van der Waals surface area (Å²) < 4.78 is 5.93. The number of likely N-dealkylation sites (N-methyl/N-ethyl adjacent to an activating group) is 1. The Labute approximate surface area is 172 Å². The third-order valence-electron chi connectivity index (χ3n) is 5.32. The van der Waals surface area contributed by atoms with Gasteiger partial charge in [0.15, 0.2) is 5.54 Å². The van der Waals surface area contributed by atoms with Crippen molar-refractivity contribution in [2.75, 3.05) is 14.2 Å². The molecule has 28 heavy (non-hydrogen) atoms. The van der Waals surface area contributed by atoms with Crippen molar-refractivity contribution < 1.29 is 14.3 Å². The monoisotopic (exact) mass is 442 g/mol. The lowest BCUT2D eigenvalue weighted by Gasteiger charge is -2.36. The first-order chi connectivity index (χ1) is 13.4. The quantitative estimate of drug-likeness (QED) is 0.575. The average molecular weight is 443 g/mol. The Hall–Kier alpha value is -2.60. The number of H-pyrrole nitrogens is 1. The molecule has 0 aliphatic rings. The number of nitrogens with one attached hydrogen (secondary N) is 1. The van der Waals surface area contributed by atoms with E-state index in [9.17, 15) is 9.59 Å². The van der Waals surface area contributed by atoms with E-state index in [-0.39, 0.29) is 5.91 Å². The first-order valence-corrected chi connectivity index (χ1v) is 9.83. The fourth-order valence-electron chi connectivity index (χ4n) is 3.42. The SMILES string of the molecule is COC(=O)[C@@](C)(c1ccc(Br)cc1)N(C)C(=O)CCc1c[nH]c2ccccc12. The number of amides is 1.